The fourth-order valence-electron chi connectivity index (χ4n) is 1.05. The zero-order valence-corrected chi connectivity index (χ0v) is 10.5. The van der Waals surface area contributed by atoms with Crippen LogP contribution < -0.4 is 0 Å². The van der Waals surface area contributed by atoms with Crippen LogP contribution in [-0.2, 0) is 6.61 Å². The average Bonchev–Trinajstić information content (AvgIpc) is 2.26. The summed E-state index contributed by atoms with van der Waals surface area (Å²) in [5.74, 6) is 0.422. The molecule has 0 radical (unpaired) electrons. The first-order valence-corrected chi connectivity index (χ1v) is 6.26. The Labute approximate surface area is 101 Å². The molecule has 15 heavy (non-hydrogen) atoms. The summed E-state index contributed by atoms with van der Waals surface area (Å²) >= 11 is 4.74. The van der Waals surface area contributed by atoms with Gasteiger partial charge in [-0.05, 0) is 23.8 Å². The zero-order chi connectivity index (χ0) is 11.3. The van der Waals surface area contributed by atoms with E-state index in [4.69, 9.17) is 10.2 Å². The normalized spacial score (nSPS) is 12.8. The molecule has 1 aromatic carbocycles. The number of benzene rings is 1. The number of aliphatic hydroxyl groups is 3. The second-order valence-corrected chi connectivity index (χ2v) is 5.04. The van der Waals surface area contributed by atoms with Crippen molar-refractivity contribution >= 4 is 27.7 Å². The van der Waals surface area contributed by atoms with Crippen LogP contribution in [0.5, 0.6) is 0 Å². The Bertz CT molecular complexity index is 320. The fourth-order valence-corrected chi connectivity index (χ4v) is 2.41. The van der Waals surface area contributed by atoms with E-state index in [2.05, 4.69) is 15.9 Å². The molecule has 0 aromatic heterocycles. The molecule has 5 heteroatoms. The van der Waals surface area contributed by atoms with Crippen molar-refractivity contribution in [3.8, 4) is 0 Å². The lowest BCUT2D eigenvalue weighted by molar-refractivity contribution is 0.113. The summed E-state index contributed by atoms with van der Waals surface area (Å²) in [6.07, 6.45) is -0.717. The van der Waals surface area contributed by atoms with E-state index in [1.165, 1.54) is 11.8 Å². The van der Waals surface area contributed by atoms with Crippen LogP contribution in [0.1, 0.15) is 5.56 Å². The van der Waals surface area contributed by atoms with E-state index < -0.39 is 6.10 Å². The molecule has 1 atom stereocenters. The molecule has 0 fully saturated rings. The highest BCUT2D eigenvalue weighted by Gasteiger charge is 2.07. The Hall–Kier alpha value is -0.0700. The molecule has 1 unspecified atom stereocenters. The Morgan fingerprint density at radius 3 is 2.67 bits per heavy atom. The van der Waals surface area contributed by atoms with E-state index in [1.807, 2.05) is 18.2 Å². The van der Waals surface area contributed by atoms with Gasteiger partial charge in [-0.25, -0.2) is 0 Å². The van der Waals surface area contributed by atoms with Gasteiger partial charge in [-0.15, -0.1) is 11.8 Å². The Kier molecular flexibility index (Phi) is 5.63. The Morgan fingerprint density at radius 1 is 1.33 bits per heavy atom. The number of hydrogen-bond donors (Lipinski definition) is 3. The summed E-state index contributed by atoms with van der Waals surface area (Å²) in [5.41, 5.74) is 0.819. The molecule has 0 aliphatic carbocycles. The predicted octanol–water partition coefficient (Wildman–Crippen LogP) is 1.39. The second kappa shape index (κ2) is 6.50. The van der Waals surface area contributed by atoms with Gasteiger partial charge in [-0.3, -0.25) is 0 Å². The lowest BCUT2D eigenvalue weighted by Crippen LogP contribution is -2.14. The van der Waals surface area contributed by atoms with Crippen LogP contribution in [0.15, 0.2) is 27.6 Å². The molecule has 0 saturated heterocycles. The first-order chi connectivity index (χ1) is 7.17. The van der Waals surface area contributed by atoms with Crippen molar-refractivity contribution in [3.63, 3.8) is 0 Å². The second-order valence-electron chi connectivity index (χ2n) is 3.06. The number of thioether (sulfide) groups is 1. The minimum Gasteiger partial charge on any atom is -0.394 e. The van der Waals surface area contributed by atoms with Crippen LogP contribution in [0.3, 0.4) is 0 Å². The molecule has 0 bridgehead atoms. The van der Waals surface area contributed by atoms with Crippen molar-refractivity contribution < 1.29 is 15.3 Å². The maximum Gasteiger partial charge on any atom is 0.0864 e. The molecule has 84 valence electrons. The van der Waals surface area contributed by atoms with Crippen molar-refractivity contribution in [3.05, 3.63) is 28.2 Å². The molecule has 1 aromatic rings. The number of hydrogen-bond acceptors (Lipinski definition) is 4. The molecule has 0 saturated carbocycles. The molecule has 0 heterocycles. The van der Waals surface area contributed by atoms with E-state index in [9.17, 15) is 5.11 Å². The number of aliphatic hydroxyl groups excluding tert-OH is 3. The third kappa shape index (κ3) is 4.12. The van der Waals surface area contributed by atoms with E-state index in [1.54, 1.807) is 0 Å². The highest BCUT2D eigenvalue weighted by Crippen LogP contribution is 2.26. The van der Waals surface area contributed by atoms with Gasteiger partial charge in [0.15, 0.2) is 0 Å². The van der Waals surface area contributed by atoms with Gasteiger partial charge in [-0.2, -0.15) is 0 Å². The van der Waals surface area contributed by atoms with Gasteiger partial charge in [0.2, 0.25) is 0 Å². The highest BCUT2D eigenvalue weighted by atomic mass is 79.9. The third-order valence-corrected chi connectivity index (χ3v) is 3.59. The standard InChI is InChI=1S/C10H13BrO3S/c11-8-1-2-10(7(3-8)4-12)15-6-9(14)5-13/h1-3,9,12-14H,4-6H2. The maximum atomic E-state index is 9.19. The summed E-state index contributed by atoms with van der Waals surface area (Å²) in [6, 6.07) is 5.60. The first-order valence-electron chi connectivity index (χ1n) is 4.48. The SMILES string of the molecule is OCc1cc(Br)ccc1SCC(O)CO. The lowest BCUT2D eigenvalue weighted by Gasteiger charge is -2.10. The topological polar surface area (TPSA) is 60.7 Å². The Balaban J connectivity index is 2.67. The summed E-state index contributed by atoms with van der Waals surface area (Å²) in [7, 11) is 0. The lowest BCUT2D eigenvalue weighted by atomic mass is 10.2. The summed E-state index contributed by atoms with van der Waals surface area (Å²) < 4.78 is 0.915. The quantitative estimate of drug-likeness (QED) is 0.718. The summed E-state index contributed by atoms with van der Waals surface area (Å²) in [5, 5.41) is 27.0. The van der Waals surface area contributed by atoms with Crippen LogP contribution in [0.4, 0.5) is 0 Å². The van der Waals surface area contributed by atoms with E-state index in [-0.39, 0.29) is 13.2 Å². The number of halogens is 1. The van der Waals surface area contributed by atoms with Gasteiger partial charge in [0, 0.05) is 15.1 Å². The molecule has 1 rings (SSSR count). The maximum absolute atomic E-state index is 9.19. The average molecular weight is 293 g/mol. The fraction of sp³-hybridized carbons (Fsp3) is 0.400. The van der Waals surface area contributed by atoms with Gasteiger partial charge in [0.05, 0.1) is 19.3 Å². The van der Waals surface area contributed by atoms with Crippen molar-refractivity contribution in [1.82, 2.24) is 0 Å². The molecular weight excluding hydrogens is 280 g/mol. The molecular formula is C10H13BrO3S. The van der Waals surface area contributed by atoms with E-state index in [0.29, 0.717) is 5.75 Å². The van der Waals surface area contributed by atoms with Crippen LogP contribution in [0.25, 0.3) is 0 Å². The van der Waals surface area contributed by atoms with Gasteiger partial charge < -0.3 is 15.3 Å². The molecule has 0 aliphatic rings. The third-order valence-electron chi connectivity index (χ3n) is 1.83. The molecule has 0 aliphatic heterocycles. The van der Waals surface area contributed by atoms with Gasteiger partial charge in [0.1, 0.15) is 0 Å². The van der Waals surface area contributed by atoms with Crippen LogP contribution >= 0.6 is 27.7 Å². The largest absolute Gasteiger partial charge is 0.394 e. The van der Waals surface area contributed by atoms with Crippen LogP contribution in [0.2, 0.25) is 0 Å². The number of rotatable bonds is 5. The summed E-state index contributed by atoms with van der Waals surface area (Å²) in [6.45, 7) is -0.269. The van der Waals surface area contributed by atoms with Crippen molar-refractivity contribution in [2.24, 2.45) is 0 Å². The summed E-state index contributed by atoms with van der Waals surface area (Å²) in [4.78, 5) is 0.924. The monoisotopic (exact) mass is 292 g/mol. The van der Waals surface area contributed by atoms with Gasteiger partial charge in [-0.1, -0.05) is 15.9 Å². The zero-order valence-electron chi connectivity index (χ0n) is 8.06. The van der Waals surface area contributed by atoms with Crippen LogP contribution in [0, 0.1) is 0 Å². The Morgan fingerprint density at radius 2 is 2.07 bits per heavy atom. The molecule has 3 nitrogen and oxygen atoms in total. The van der Waals surface area contributed by atoms with Crippen molar-refractivity contribution in [1.29, 1.82) is 0 Å². The van der Waals surface area contributed by atoms with Crippen molar-refractivity contribution in [2.45, 2.75) is 17.6 Å². The van der Waals surface area contributed by atoms with Crippen molar-refractivity contribution in [2.75, 3.05) is 12.4 Å². The van der Waals surface area contributed by atoms with Gasteiger partial charge >= 0.3 is 0 Å². The molecule has 3 N–H and O–H groups in total. The molecule has 0 amide bonds. The smallest absolute Gasteiger partial charge is 0.0864 e. The highest BCUT2D eigenvalue weighted by molar-refractivity contribution is 9.10. The van der Waals surface area contributed by atoms with Gasteiger partial charge in [0.25, 0.3) is 0 Å². The predicted molar refractivity (Wildman–Crippen MR) is 63.9 cm³/mol. The van der Waals surface area contributed by atoms with E-state index in [0.717, 1.165) is 14.9 Å². The van der Waals surface area contributed by atoms with E-state index >= 15 is 0 Å². The molecule has 0 spiro atoms. The minimum absolute atomic E-state index is 0.0308. The minimum atomic E-state index is -0.717. The first kappa shape index (κ1) is 13.0. The van der Waals surface area contributed by atoms with Crippen LogP contribution in [-0.4, -0.2) is 33.8 Å².